The van der Waals surface area contributed by atoms with E-state index in [1.165, 1.54) is 12.1 Å². The number of carbonyl (C=O) groups excluding carboxylic acids is 1. The predicted molar refractivity (Wildman–Crippen MR) is 71.8 cm³/mol. The number of nitro benzene ring substituents is 1. The zero-order chi connectivity index (χ0) is 14.1. The topological polar surface area (TPSA) is 88.4 Å². The summed E-state index contributed by atoms with van der Waals surface area (Å²) in [5.41, 5.74) is 1.06. The second kappa shape index (κ2) is 4.61. The van der Waals surface area contributed by atoms with Crippen LogP contribution in [0.25, 0.3) is 0 Å². The monoisotopic (exact) mass is 270 g/mol. The Kier molecular flexibility index (Phi) is 2.79. The van der Waals surface area contributed by atoms with Gasteiger partial charge < -0.3 is 10.2 Å². The van der Waals surface area contributed by atoms with Crippen molar-refractivity contribution in [3.8, 4) is 0 Å². The molecule has 1 aliphatic heterocycles. The fourth-order valence-corrected chi connectivity index (χ4v) is 2.10. The summed E-state index contributed by atoms with van der Waals surface area (Å²) in [7, 11) is 0. The number of nitro groups is 1. The van der Waals surface area contributed by atoms with Gasteiger partial charge in [-0.2, -0.15) is 0 Å². The number of fused-ring (bicyclic) bond motifs is 1. The number of hydrogen-bond donors (Lipinski definition) is 1. The molecule has 0 spiro atoms. The van der Waals surface area contributed by atoms with Crippen LogP contribution in [0.15, 0.2) is 42.6 Å². The number of nitrogens with zero attached hydrogens (tertiary/aromatic N) is 3. The summed E-state index contributed by atoms with van der Waals surface area (Å²) >= 11 is 0. The molecule has 7 heteroatoms. The van der Waals surface area contributed by atoms with Crippen molar-refractivity contribution >= 4 is 23.1 Å². The Labute approximate surface area is 114 Å². The van der Waals surface area contributed by atoms with Gasteiger partial charge in [-0.25, -0.2) is 4.98 Å². The number of benzene rings is 1. The molecule has 100 valence electrons. The second-order valence-corrected chi connectivity index (χ2v) is 4.24. The van der Waals surface area contributed by atoms with Crippen molar-refractivity contribution in [2.45, 2.75) is 0 Å². The van der Waals surface area contributed by atoms with Gasteiger partial charge in [-0.1, -0.05) is 6.07 Å². The molecule has 0 unspecified atom stereocenters. The molecule has 0 atom stereocenters. The van der Waals surface area contributed by atoms with Crippen molar-refractivity contribution in [3.05, 3.63) is 58.3 Å². The standard InChI is InChI=1S/C13H10N4O3/c18-13-11-5-2-6-14-12(11)16(8-15-13)9-3-1-4-10(7-9)17(19)20/h1-7H,8H2,(H,15,18). The van der Waals surface area contributed by atoms with Crippen LogP contribution in [0.1, 0.15) is 10.4 Å². The molecular formula is C13H10N4O3. The molecule has 3 rings (SSSR count). The maximum Gasteiger partial charge on any atom is 0.271 e. The van der Waals surface area contributed by atoms with E-state index in [2.05, 4.69) is 10.3 Å². The molecule has 0 radical (unpaired) electrons. The van der Waals surface area contributed by atoms with Crippen molar-refractivity contribution in [1.29, 1.82) is 0 Å². The summed E-state index contributed by atoms with van der Waals surface area (Å²) in [6.45, 7) is 0.226. The van der Waals surface area contributed by atoms with E-state index in [4.69, 9.17) is 0 Å². The number of aromatic nitrogens is 1. The van der Waals surface area contributed by atoms with E-state index in [0.29, 0.717) is 17.1 Å². The molecule has 0 aliphatic carbocycles. The molecule has 0 bridgehead atoms. The van der Waals surface area contributed by atoms with Gasteiger partial charge in [-0.05, 0) is 18.2 Å². The van der Waals surface area contributed by atoms with E-state index >= 15 is 0 Å². The van der Waals surface area contributed by atoms with E-state index in [1.54, 1.807) is 35.4 Å². The van der Waals surface area contributed by atoms with E-state index in [9.17, 15) is 14.9 Å². The van der Waals surface area contributed by atoms with Crippen molar-refractivity contribution in [3.63, 3.8) is 0 Å². The second-order valence-electron chi connectivity index (χ2n) is 4.24. The summed E-state index contributed by atoms with van der Waals surface area (Å²) in [6, 6.07) is 9.56. The van der Waals surface area contributed by atoms with Crippen LogP contribution in [-0.2, 0) is 0 Å². The number of carbonyl (C=O) groups is 1. The van der Waals surface area contributed by atoms with Gasteiger partial charge in [0.2, 0.25) is 0 Å². The van der Waals surface area contributed by atoms with Crippen LogP contribution >= 0.6 is 0 Å². The van der Waals surface area contributed by atoms with E-state index in [1.807, 2.05) is 0 Å². The first kappa shape index (κ1) is 12.1. The molecule has 1 amide bonds. The van der Waals surface area contributed by atoms with Gasteiger partial charge in [0.1, 0.15) is 5.82 Å². The molecule has 7 nitrogen and oxygen atoms in total. The van der Waals surface area contributed by atoms with Crippen LogP contribution in [-0.4, -0.2) is 22.5 Å². The Hall–Kier alpha value is -2.96. The minimum absolute atomic E-state index is 0.00289. The minimum Gasteiger partial charge on any atom is -0.334 e. The lowest BCUT2D eigenvalue weighted by atomic mass is 10.1. The first-order valence-electron chi connectivity index (χ1n) is 5.92. The smallest absolute Gasteiger partial charge is 0.271 e. The fraction of sp³-hybridized carbons (Fsp3) is 0.0769. The first-order valence-corrected chi connectivity index (χ1v) is 5.92. The molecule has 0 fully saturated rings. The Bertz CT molecular complexity index is 702. The first-order chi connectivity index (χ1) is 9.66. The van der Waals surface area contributed by atoms with Gasteiger partial charge in [-0.15, -0.1) is 0 Å². The maximum absolute atomic E-state index is 11.8. The van der Waals surface area contributed by atoms with Gasteiger partial charge in [0.15, 0.2) is 0 Å². The zero-order valence-corrected chi connectivity index (χ0v) is 10.3. The highest BCUT2D eigenvalue weighted by molar-refractivity contribution is 6.01. The normalized spacial score (nSPS) is 13.6. The molecule has 2 heterocycles. The largest absolute Gasteiger partial charge is 0.334 e. The SMILES string of the molecule is O=C1NCN(c2cccc([N+](=O)[O-])c2)c2ncccc21. The Balaban J connectivity index is 2.08. The molecule has 1 aliphatic rings. The number of non-ortho nitro benzene ring substituents is 1. The number of pyridine rings is 1. The number of nitrogens with one attached hydrogen (secondary N) is 1. The van der Waals surface area contributed by atoms with Crippen LogP contribution in [0, 0.1) is 10.1 Å². The molecule has 0 saturated carbocycles. The molecule has 2 aromatic rings. The van der Waals surface area contributed by atoms with Gasteiger partial charge in [-0.3, -0.25) is 14.9 Å². The van der Waals surface area contributed by atoms with E-state index in [-0.39, 0.29) is 18.3 Å². The van der Waals surface area contributed by atoms with E-state index in [0.717, 1.165) is 0 Å². The molecular weight excluding hydrogens is 260 g/mol. The van der Waals surface area contributed by atoms with Gasteiger partial charge in [0.05, 0.1) is 22.8 Å². The average Bonchev–Trinajstić information content (AvgIpc) is 2.48. The fourth-order valence-electron chi connectivity index (χ4n) is 2.10. The molecule has 1 N–H and O–H groups in total. The van der Waals surface area contributed by atoms with Crippen LogP contribution in [0.4, 0.5) is 17.2 Å². The van der Waals surface area contributed by atoms with Crippen molar-refractivity contribution in [2.75, 3.05) is 11.6 Å². The highest BCUT2D eigenvalue weighted by Crippen LogP contribution is 2.30. The number of rotatable bonds is 2. The van der Waals surface area contributed by atoms with Crippen molar-refractivity contribution in [2.24, 2.45) is 0 Å². The highest BCUT2D eigenvalue weighted by atomic mass is 16.6. The highest BCUT2D eigenvalue weighted by Gasteiger charge is 2.25. The lowest BCUT2D eigenvalue weighted by molar-refractivity contribution is -0.384. The van der Waals surface area contributed by atoms with E-state index < -0.39 is 4.92 Å². The summed E-state index contributed by atoms with van der Waals surface area (Å²) in [4.78, 5) is 28.1. The van der Waals surface area contributed by atoms with Gasteiger partial charge >= 0.3 is 0 Å². The van der Waals surface area contributed by atoms with Crippen molar-refractivity contribution < 1.29 is 9.72 Å². The van der Waals surface area contributed by atoms with Crippen LogP contribution < -0.4 is 10.2 Å². The third kappa shape index (κ3) is 1.95. The molecule has 1 aromatic heterocycles. The predicted octanol–water partition coefficient (Wildman–Crippen LogP) is 1.83. The summed E-state index contributed by atoms with van der Waals surface area (Å²) in [5.74, 6) is 0.298. The molecule has 0 saturated heterocycles. The lowest BCUT2D eigenvalue weighted by Crippen LogP contribution is -2.41. The Morgan fingerprint density at radius 1 is 1.30 bits per heavy atom. The van der Waals surface area contributed by atoms with Crippen LogP contribution in [0.5, 0.6) is 0 Å². The van der Waals surface area contributed by atoms with Crippen molar-refractivity contribution in [1.82, 2.24) is 10.3 Å². The molecule has 20 heavy (non-hydrogen) atoms. The third-order valence-corrected chi connectivity index (χ3v) is 3.04. The minimum atomic E-state index is -0.453. The lowest BCUT2D eigenvalue weighted by Gasteiger charge is -2.29. The third-order valence-electron chi connectivity index (χ3n) is 3.04. The Morgan fingerprint density at radius 3 is 2.95 bits per heavy atom. The number of hydrogen-bond acceptors (Lipinski definition) is 5. The quantitative estimate of drug-likeness (QED) is 0.664. The summed E-state index contributed by atoms with van der Waals surface area (Å²) in [5, 5.41) is 13.5. The average molecular weight is 270 g/mol. The van der Waals surface area contributed by atoms with Gasteiger partial charge in [0.25, 0.3) is 11.6 Å². The molecule has 1 aromatic carbocycles. The zero-order valence-electron chi connectivity index (χ0n) is 10.3. The number of anilines is 2. The number of amides is 1. The summed E-state index contributed by atoms with van der Waals surface area (Å²) in [6.07, 6.45) is 1.59. The van der Waals surface area contributed by atoms with Crippen LogP contribution in [0.3, 0.4) is 0 Å². The summed E-state index contributed by atoms with van der Waals surface area (Å²) < 4.78 is 0. The van der Waals surface area contributed by atoms with Gasteiger partial charge in [0, 0.05) is 18.3 Å². The Morgan fingerprint density at radius 2 is 2.15 bits per heavy atom. The maximum atomic E-state index is 11.8. The van der Waals surface area contributed by atoms with Crippen LogP contribution in [0.2, 0.25) is 0 Å².